The molecule has 0 saturated heterocycles. The molecular formula is C6H12O4S3. The van der Waals surface area contributed by atoms with E-state index in [9.17, 15) is 9.59 Å². The van der Waals surface area contributed by atoms with E-state index in [-0.39, 0.29) is 12.8 Å². The lowest BCUT2D eigenvalue weighted by molar-refractivity contribution is -0.137. The summed E-state index contributed by atoms with van der Waals surface area (Å²) in [5, 5.41) is 16.7. The van der Waals surface area contributed by atoms with Crippen molar-refractivity contribution in [3.63, 3.8) is 0 Å². The average Bonchev–Trinajstić information content (AvgIpc) is 2.00. The lowest BCUT2D eigenvalue weighted by Gasteiger charge is -2.11. The SMILES string of the molecule is O=C(O)CCS[SH](S)CCC(=O)O. The maximum Gasteiger partial charge on any atom is 0.304 e. The van der Waals surface area contributed by atoms with Gasteiger partial charge in [-0.25, -0.2) is 0 Å². The van der Waals surface area contributed by atoms with E-state index in [1.54, 1.807) is 0 Å². The van der Waals surface area contributed by atoms with E-state index in [2.05, 4.69) is 11.7 Å². The smallest absolute Gasteiger partial charge is 0.304 e. The zero-order chi connectivity index (χ0) is 10.3. The molecule has 2 N–H and O–H groups in total. The van der Waals surface area contributed by atoms with E-state index in [1.807, 2.05) is 0 Å². The topological polar surface area (TPSA) is 74.6 Å². The van der Waals surface area contributed by atoms with Crippen molar-refractivity contribution in [2.75, 3.05) is 11.5 Å². The Morgan fingerprint density at radius 3 is 2.23 bits per heavy atom. The van der Waals surface area contributed by atoms with E-state index in [1.165, 1.54) is 10.8 Å². The van der Waals surface area contributed by atoms with Gasteiger partial charge in [0, 0.05) is 11.5 Å². The molecule has 0 heterocycles. The summed E-state index contributed by atoms with van der Waals surface area (Å²) < 4.78 is 0. The Labute approximate surface area is 87.6 Å². The third-order valence-corrected chi connectivity index (χ3v) is 5.99. The maximum absolute atomic E-state index is 10.2. The summed E-state index contributed by atoms with van der Waals surface area (Å²) in [5.41, 5.74) is 0. The van der Waals surface area contributed by atoms with Crippen molar-refractivity contribution in [1.82, 2.24) is 0 Å². The third kappa shape index (κ3) is 9.91. The van der Waals surface area contributed by atoms with Crippen LogP contribution < -0.4 is 0 Å². The van der Waals surface area contributed by atoms with Gasteiger partial charge in [-0.1, -0.05) is 0 Å². The van der Waals surface area contributed by atoms with Crippen LogP contribution >= 0.6 is 31.4 Å². The molecule has 0 aliphatic carbocycles. The summed E-state index contributed by atoms with van der Waals surface area (Å²) in [6.45, 7) is 0. The minimum Gasteiger partial charge on any atom is -0.481 e. The molecule has 0 radical (unpaired) electrons. The Morgan fingerprint density at radius 2 is 1.77 bits per heavy atom. The number of carboxylic acid groups (broad SMARTS) is 2. The number of rotatable bonds is 7. The molecule has 0 saturated carbocycles. The van der Waals surface area contributed by atoms with Crippen LogP contribution in [0.2, 0.25) is 0 Å². The van der Waals surface area contributed by atoms with Gasteiger partial charge in [0.25, 0.3) is 0 Å². The van der Waals surface area contributed by atoms with Gasteiger partial charge in [0.15, 0.2) is 0 Å². The molecule has 0 bridgehead atoms. The summed E-state index contributed by atoms with van der Waals surface area (Å²) in [7, 11) is 0.755. The molecule has 0 rings (SSSR count). The number of carboxylic acids is 2. The van der Waals surface area contributed by atoms with E-state index in [0.717, 1.165) is 0 Å². The van der Waals surface area contributed by atoms with E-state index in [0.29, 0.717) is 11.5 Å². The molecule has 0 amide bonds. The molecule has 0 aromatic heterocycles. The van der Waals surface area contributed by atoms with Crippen molar-refractivity contribution in [1.29, 1.82) is 0 Å². The second kappa shape index (κ2) is 7.40. The molecule has 0 aliphatic heterocycles. The van der Waals surface area contributed by atoms with Crippen LogP contribution in [0.25, 0.3) is 0 Å². The van der Waals surface area contributed by atoms with Gasteiger partial charge in [-0.05, 0) is 0 Å². The molecule has 13 heavy (non-hydrogen) atoms. The second-order valence-electron chi connectivity index (χ2n) is 2.20. The van der Waals surface area contributed by atoms with Crippen molar-refractivity contribution in [2.24, 2.45) is 0 Å². The quantitative estimate of drug-likeness (QED) is 0.403. The van der Waals surface area contributed by atoms with Crippen molar-refractivity contribution < 1.29 is 19.8 Å². The monoisotopic (exact) mass is 244 g/mol. The number of carbonyl (C=O) groups is 2. The van der Waals surface area contributed by atoms with Gasteiger partial charge < -0.3 is 10.2 Å². The summed E-state index contributed by atoms with van der Waals surface area (Å²) in [4.78, 5) is 20.3. The standard InChI is InChI=1S/C6H12O4S3/c7-5(8)1-3-12-13(11)4-2-6(9)10/h11,13H,1-4H2,(H,7,8)(H,9,10). The Balaban J connectivity index is 3.35. The normalized spacial score (nSPS) is 13.8. The average molecular weight is 244 g/mol. The molecule has 0 fully saturated rings. The van der Waals surface area contributed by atoms with Crippen molar-refractivity contribution in [3.05, 3.63) is 0 Å². The number of hydrogen-bond donors (Lipinski definition) is 4. The Morgan fingerprint density at radius 1 is 1.23 bits per heavy atom. The lowest BCUT2D eigenvalue weighted by Crippen LogP contribution is -1.98. The minimum atomic E-state index is -0.833. The van der Waals surface area contributed by atoms with Gasteiger partial charge in [0.1, 0.15) is 0 Å². The van der Waals surface area contributed by atoms with Crippen LogP contribution in [-0.2, 0) is 9.59 Å². The van der Waals surface area contributed by atoms with Crippen LogP contribution in [-0.4, -0.2) is 33.7 Å². The Bertz CT molecular complexity index is 185. The molecule has 4 nitrogen and oxygen atoms in total. The molecule has 0 spiro atoms. The zero-order valence-electron chi connectivity index (χ0n) is 6.84. The highest BCUT2D eigenvalue weighted by Gasteiger charge is 2.04. The molecule has 0 aromatic carbocycles. The van der Waals surface area contributed by atoms with Gasteiger partial charge in [-0.3, -0.25) is 9.59 Å². The maximum atomic E-state index is 10.2. The van der Waals surface area contributed by atoms with Gasteiger partial charge in [-0.15, -0.1) is 22.5 Å². The van der Waals surface area contributed by atoms with Crippen LogP contribution in [0.5, 0.6) is 0 Å². The molecule has 1 atom stereocenters. The molecule has 1 unspecified atom stereocenters. The summed E-state index contributed by atoms with van der Waals surface area (Å²) in [5.74, 6) is -0.634. The van der Waals surface area contributed by atoms with E-state index < -0.39 is 20.9 Å². The highest BCUT2D eigenvalue weighted by molar-refractivity contribution is 9.13. The van der Waals surface area contributed by atoms with Crippen LogP contribution in [0.1, 0.15) is 12.8 Å². The first-order valence-electron chi connectivity index (χ1n) is 3.55. The van der Waals surface area contributed by atoms with Gasteiger partial charge in [0.05, 0.1) is 12.8 Å². The van der Waals surface area contributed by atoms with Crippen LogP contribution in [0.15, 0.2) is 0 Å². The predicted octanol–water partition coefficient (Wildman–Crippen LogP) is 1.43. The predicted molar refractivity (Wildman–Crippen MR) is 59.8 cm³/mol. The van der Waals surface area contributed by atoms with Gasteiger partial charge >= 0.3 is 11.9 Å². The minimum absolute atomic E-state index is 0.106. The second-order valence-corrected chi connectivity index (χ2v) is 8.37. The highest BCUT2D eigenvalue weighted by Crippen LogP contribution is 2.45. The first-order chi connectivity index (χ1) is 6.02. The summed E-state index contributed by atoms with van der Waals surface area (Å²) in [6.07, 6.45) is 0.215. The fraction of sp³-hybridized carbons (Fsp3) is 0.667. The number of aliphatic carboxylic acids is 2. The zero-order valence-corrected chi connectivity index (χ0v) is 9.45. The fourth-order valence-electron chi connectivity index (χ4n) is 0.494. The molecule has 0 aromatic rings. The lowest BCUT2D eigenvalue weighted by atomic mass is 10.5. The van der Waals surface area contributed by atoms with Crippen molar-refractivity contribution in [2.45, 2.75) is 12.8 Å². The van der Waals surface area contributed by atoms with Gasteiger partial charge in [-0.2, -0.15) is 8.96 Å². The fourth-order valence-corrected chi connectivity index (χ4v) is 4.08. The Hall–Kier alpha value is -0.0100. The number of thiol groups is 2. The molecule has 7 heteroatoms. The van der Waals surface area contributed by atoms with Crippen LogP contribution in [0.3, 0.4) is 0 Å². The number of hydrogen-bond acceptors (Lipinski definition) is 4. The van der Waals surface area contributed by atoms with Gasteiger partial charge in [0.2, 0.25) is 0 Å². The Kier molecular flexibility index (Phi) is 7.39. The first kappa shape index (κ1) is 13.0. The van der Waals surface area contributed by atoms with E-state index in [4.69, 9.17) is 10.2 Å². The first-order valence-corrected chi connectivity index (χ1v) is 7.82. The van der Waals surface area contributed by atoms with Crippen molar-refractivity contribution in [3.8, 4) is 0 Å². The molecular weight excluding hydrogens is 232 g/mol. The molecule has 0 aliphatic rings. The van der Waals surface area contributed by atoms with Crippen molar-refractivity contribution >= 4 is 43.4 Å². The summed E-state index contributed by atoms with van der Waals surface area (Å²) in [6, 6.07) is 0. The van der Waals surface area contributed by atoms with E-state index >= 15 is 0 Å². The van der Waals surface area contributed by atoms with Crippen LogP contribution in [0, 0.1) is 0 Å². The molecule has 78 valence electrons. The third-order valence-electron chi connectivity index (χ3n) is 1.07. The summed E-state index contributed by atoms with van der Waals surface area (Å²) >= 11 is 4.18. The largest absolute Gasteiger partial charge is 0.481 e. The highest BCUT2D eigenvalue weighted by atomic mass is 33.5. The van der Waals surface area contributed by atoms with Crippen LogP contribution in [0.4, 0.5) is 0 Å².